The molecule has 0 bridgehead atoms. The lowest BCUT2D eigenvalue weighted by molar-refractivity contribution is -0.116. The van der Waals surface area contributed by atoms with Gasteiger partial charge in [0.25, 0.3) is 11.8 Å². The Hall–Kier alpha value is -5.02. The molecule has 4 aromatic rings. The van der Waals surface area contributed by atoms with Crippen molar-refractivity contribution >= 4 is 46.9 Å². The summed E-state index contributed by atoms with van der Waals surface area (Å²) in [5.41, 5.74) is 3.31. The Morgan fingerprint density at radius 3 is 2.25 bits per heavy atom. The summed E-state index contributed by atoms with van der Waals surface area (Å²) in [6, 6.07) is 28.7. The molecule has 0 saturated carbocycles. The number of aryl methyl sites for hydroxylation is 1. The maximum absolute atomic E-state index is 13.6. The number of nitrogens with one attached hydrogen (secondary N) is 3. The highest BCUT2D eigenvalue weighted by atomic mass is 32.2. The molecule has 0 aliphatic carbocycles. The molecular weight excluding hydrogens is 574 g/mol. The molecule has 8 nitrogen and oxygen atoms in total. The van der Waals surface area contributed by atoms with Crippen molar-refractivity contribution in [2.45, 2.75) is 30.4 Å². The fourth-order valence-corrected chi connectivity index (χ4v) is 5.26. The molecule has 1 atom stereocenters. The summed E-state index contributed by atoms with van der Waals surface area (Å²) in [5, 5.41) is 8.26. The number of anilines is 2. The average molecular weight is 610 g/mol. The number of hydrogen-bond acceptors (Lipinski definition) is 6. The van der Waals surface area contributed by atoms with Gasteiger partial charge in [0.15, 0.2) is 0 Å². The molecule has 9 heteroatoms. The van der Waals surface area contributed by atoms with E-state index in [2.05, 4.69) is 16.0 Å². The van der Waals surface area contributed by atoms with Crippen molar-refractivity contribution in [2.24, 2.45) is 0 Å². The zero-order chi connectivity index (χ0) is 31.5. The number of ether oxygens (including phenoxy) is 2. The topological polar surface area (TPSA) is 106 Å². The van der Waals surface area contributed by atoms with Gasteiger partial charge in [-0.1, -0.05) is 48.9 Å². The standard InChI is InChI=1S/C35H35N3O5S/c1-5-32(35(41)36-26-16-14-23(2)15-17-26)44-29-13-9-12-27(22-29)37-34(40)30(38-33(39)24-10-7-6-8-11-24)21-25-20-28(42-3)18-19-31(25)43-4/h6-22,32H,5H2,1-4H3,(H,36,41)(H,37,40)(H,38,39)/b30-21+. The van der Waals surface area contributed by atoms with Crippen LogP contribution in [0.2, 0.25) is 0 Å². The first-order chi connectivity index (χ1) is 21.3. The van der Waals surface area contributed by atoms with Crippen LogP contribution in [0.1, 0.15) is 34.8 Å². The molecule has 1 unspecified atom stereocenters. The van der Waals surface area contributed by atoms with E-state index < -0.39 is 11.8 Å². The van der Waals surface area contributed by atoms with Crippen molar-refractivity contribution in [1.82, 2.24) is 5.32 Å². The Kier molecular flexibility index (Phi) is 11.2. The van der Waals surface area contributed by atoms with Gasteiger partial charge < -0.3 is 25.4 Å². The lowest BCUT2D eigenvalue weighted by Gasteiger charge is -2.16. The summed E-state index contributed by atoms with van der Waals surface area (Å²) in [6.45, 7) is 3.95. The third-order valence-electron chi connectivity index (χ3n) is 6.62. The lowest BCUT2D eigenvalue weighted by atomic mass is 10.1. The van der Waals surface area contributed by atoms with Crippen LogP contribution in [0.4, 0.5) is 11.4 Å². The van der Waals surface area contributed by atoms with Crippen molar-refractivity contribution in [3.63, 3.8) is 0 Å². The van der Waals surface area contributed by atoms with Crippen molar-refractivity contribution in [3.8, 4) is 11.5 Å². The Bertz CT molecular complexity index is 1640. The molecule has 4 aromatic carbocycles. The highest BCUT2D eigenvalue weighted by Crippen LogP contribution is 2.30. The van der Waals surface area contributed by atoms with Gasteiger partial charge in [-0.05, 0) is 80.1 Å². The fraction of sp³-hybridized carbons (Fsp3) is 0.171. The Morgan fingerprint density at radius 1 is 0.818 bits per heavy atom. The van der Waals surface area contributed by atoms with Crippen molar-refractivity contribution < 1.29 is 23.9 Å². The summed E-state index contributed by atoms with van der Waals surface area (Å²) >= 11 is 1.41. The number of thioether (sulfide) groups is 1. The summed E-state index contributed by atoms with van der Waals surface area (Å²) in [4.78, 5) is 40.5. The van der Waals surface area contributed by atoms with E-state index in [1.54, 1.807) is 73.8 Å². The van der Waals surface area contributed by atoms with Crippen LogP contribution in [-0.2, 0) is 9.59 Å². The number of benzene rings is 4. The van der Waals surface area contributed by atoms with Crippen molar-refractivity contribution in [1.29, 1.82) is 0 Å². The molecule has 0 aliphatic heterocycles. The first-order valence-electron chi connectivity index (χ1n) is 14.0. The maximum atomic E-state index is 13.6. The van der Waals surface area contributed by atoms with E-state index in [0.717, 1.165) is 16.1 Å². The third kappa shape index (κ3) is 8.75. The molecule has 226 valence electrons. The Morgan fingerprint density at radius 2 is 1.57 bits per heavy atom. The number of methoxy groups -OCH3 is 2. The Balaban J connectivity index is 1.55. The van der Waals surface area contributed by atoms with Gasteiger partial charge in [0.1, 0.15) is 17.2 Å². The third-order valence-corrected chi connectivity index (χ3v) is 7.98. The summed E-state index contributed by atoms with van der Waals surface area (Å²) < 4.78 is 10.8. The predicted molar refractivity (Wildman–Crippen MR) is 176 cm³/mol. The molecule has 3 N–H and O–H groups in total. The van der Waals surface area contributed by atoms with Gasteiger partial charge in [0.05, 0.1) is 19.5 Å². The molecular formula is C35H35N3O5S. The molecule has 0 aliphatic rings. The smallest absolute Gasteiger partial charge is 0.272 e. The van der Waals surface area contributed by atoms with Crippen molar-refractivity contribution in [3.05, 3.63) is 119 Å². The van der Waals surface area contributed by atoms with Gasteiger partial charge in [-0.2, -0.15) is 0 Å². The second-order valence-electron chi connectivity index (χ2n) is 9.84. The van der Waals surface area contributed by atoms with Crippen LogP contribution < -0.4 is 25.4 Å². The number of carbonyl (C=O) groups excluding carboxylic acids is 3. The van der Waals surface area contributed by atoms with E-state index in [9.17, 15) is 14.4 Å². The lowest BCUT2D eigenvalue weighted by Crippen LogP contribution is -2.30. The van der Waals surface area contributed by atoms with Crippen LogP contribution in [-0.4, -0.2) is 37.2 Å². The van der Waals surface area contributed by atoms with Gasteiger partial charge >= 0.3 is 0 Å². The van der Waals surface area contributed by atoms with Crippen LogP contribution in [0.3, 0.4) is 0 Å². The second kappa shape index (κ2) is 15.5. The van der Waals surface area contributed by atoms with Gasteiger partial charge in [-0.15, -0.1) is 11.8 Å². The van der Waals surface area contributed by atoms with E-state index in [-0.39, 0.29) is 16.9 Å². The monoisotopic (exact) mass is 609 g/mol. The van der Waals surface area contributed by atoms with Gasteiger partial charge in [-0.3, -0.25) is 14.4 Å². The molecule has 0 aromatic heterocycles. The summed E-state index contributed by atoms with van der Waals surface area (Å²) in [6.07, 6.45) is 2.15. The first kappa shape index (κ1) is 31.9. The quantitative estimate of drug-likeness (QED) is 0.119. The minimum atomic E-state index is -0.537. The predicted octanol–water partition coefficient (Wildman–Crippen LogP) is 6.93. The van der Waals surface area contributed by atoms with Crippen molar-refractivity contribution in [2.75, 3.05) is 24.9 Å². The van der Waals surface area contributed by atoms with Crippen LogP contribution in [0.15, 0.2) is 108 Å². The average Bonchev–Trinajstić information content (AvgIpc) is 3.04. The molecule has 0 radical (unpaired) electrons. The normalized spacial score (nSPS) is 11.7. The van der Waals surface area contributed by atoms with Gasteiger partial charge in [0, 0.05) is 27.4 Å². The molecule has 0 spiro atoms. The molecule has 3 amide bonds. The van der Waals surface area contributed by atoms with E-state index >= 15 is 0 Å². The molecule has 0 saturated heterocycles. The molecule has 44 heavy (non-hydrogen) atoms. The van der Waals surface area contributed by atoms with E-state index in [1.807, 2.05) is 50.2 Å². The number of carbonyl (C=O) groups is 3. The largest absolute Gasteiger partial charge is 0.497 e. The summed E-state index contributed by atoms with van der Waals surface area (Å²) in [7, 11) is 3.07. The number of amides is 3. The summed E-state index contributed by atoms with van der Waals surface area (Å²) in [5.74, 6) is -0.0170. The maximum Gasteiger partial charge on any atom is 0.272 e. The van der Waals surface area contributed by atoms with Crippen LogP contribution in [0.5, 0.6) is 11.5 Å². The number of hydrogen-bond donors (Lipinski definition) is 3. The van der Waals surface area contributed by atoms with E-state index in [4.69, 9.17) is 9.47 Å². The zero-order valence-corrected chi connectivity index (χ0v) is 25.9. The molecule has 0 heterocycles. The minimum absolute atomic E-state index is 0.00683. The van der Waals surface area contributed by atoms with E-state index in [0.29, 0.717) is 34.7 Å². The highest BCUT2D eigenvalue weighted by molar-refractivity contribution is 8.00. The second-order valence-corrected chi connectivity index (χ2v) is 11.1. The first-order valence-corrected chi connectivity index (χ1v) is 14.9. The Labute approximate surface area is 261 Å². The minimum Gasteiger partial charge on any atom is -0.497 e. The highest BCUT2D eigenvalue weighted by Gasteiger charge is 2.20. The molecule has 4 rings (SSSR count). The SMILES string of the molecule is CCC(Sc1cccc(NC(=O)/C(=C\c2cc(OC)ccc2OC)NC(=O)c2ccccc2)c1)C(=O)Nc1ccc(C)cc1. The van der Waals surface area contributed by atoms with Gasteiger partial charge in [-0.25, -0.2) is 0 Å². The molecule has 0 fully saturated rings. The zero-order valence-electron chi connectivity index (χ0n) is 25.0. The number of rotatable bonds is 12. The van der Waals surface area contributed by atoms with Crippen LogP contribution in [0.25, 0.3) is 6.08 Å². The van der Waals surface area contributed by atoms with Gasteiger partial charge in [0.2, 0.25) is 5.91 Å². The van der Waals surface area contributed by atoms with Crippen LogP contribution >= 0.6 is 11.8 Å². The fourth-order valence-electron chi connectivity index (χ4n) is 4.24. The van der Waals surface area contributed by atoms with E-state index in [1.165, 1.54) is 18.9 Å². The van der Waals surface area contributed by atoms with Crippen LogP contribution in [0, 0.1) is 6.92 Å².